The van der Waals surface area contributed by atoms with Crippen molar-refractivity contribution in [2.75, 3.05) is 0 Å². The number of aromatic nitrogens is 3. The molecule has 73 heavy (non-hydrogen) atoms. The molecule has 0 N–H and O–H groups in total. The van der Waals surface area contributed by atoms with Crippen LogP contribution in [0.5, 0.6) is 0 Å². The minimum atomic E-state index is -2.65. The molecule has 0 fully saturated rings. The summed E-state index contributed by atoms with van der Waals surface area (Å²) in [5, 5.41) is 0. The van der Waals surface area contributed by atoms with E-state index in [9.17, 15) is 22.0 Å². The monoisotopic (exact) mass is 1150 g/mol. The minimum absolute atomic E-state index is 0. The summed E-state index contributed by atoms with van der Waals surface area (Å²) in [7, 11) is 0. The summed E-state index contributed by atoms with van der Waals surface area (Å²) < 4.78 is 138. The average Bonchev–Trinajstić information content (AvgIpc) is 3.51. The van der Waals surface area contributed by atoms with Crippen molar-refractivity contribution in [1.82, 2.24) is 15.0 Å². The van der Waals surface area contributed by atoms with Crippen LogP contribution in [0.2, 0.25) is 0 Å². The summed E-state index contributed by atoms with van der Waals surface area (Å²) in [5.41, 5.74) is 8.17. The summed E-state index contributed by atoms with van der Waals surface area (Å²) in [5.74, 6) is -5.21. The van der Waals surface area contributed by atoms with Gasteiger partial charge in [0.1, 0.15) is 0 Å². The van der Waals surface area contributed by atoms with Crippen LogP contribution in [0.25, 0.3) is 78.3 Å². The fourth-order valence-electron chi connectivity index (χ4n) is 8.82. The van der Waals surface area contributed by atoms with Crippen LogP contribution in [0.15, 0.2) is 170 Å². The molecule has 0 saturated heterocycles. The van der Waals surface area contributed by atoms with Gasteiger partial charge in [-0.05, 0) is 118 Å². The summed E-state index contributed by atoms with van der Waals surface area (Å²) in [4.78, 5) is 13.5. The van der Waals surface area contributed by atoms with Gasteiger partial charge in [0.05, 0.1) is 0 Å². The zero-order chi connectivity index (χ0) is 54.9. The second-order valence-corrected chi connectivity index (χ2v) is 17.2. The molecule has 0 aliphatic heterocycles. The van der Waals surface area contributed by atoms with Gasteiger partial charge in [-0.15, -0.1) is 36.4 Å². The van der Waals surface area contributed by atoms with E-state index in [1.54, 1.807) is 12.3 Å². The van der Waals surface area contributed by atoms with Crippen LogP contribution in [0, 0.1) is 66.8 Å². The Kier molecular flexibility index (Phi) is 12.9. The van der Waals surface area contributed by atoms with Gasteiger partial charge in [0.2, 0.25) is 0 Å². The van der Waals surface area contributed by atoms with Crippen molar-refractivity contribution in [1.29, 1.82) is 0 Å². The van der Waals surface area contributed by atoms with Crippen LogP contribution in [-0.2, 0) is 45.8 Å². The van der Waals surface area contributed by atoms with Crippen molar-refractivity contribution in [3.63, 3.8) is 0 Å². The number of hydrogen-bond acceptors (Lipinski definition) is 3. The van der Waals surface area contributed by atoms with E-state index in [2.05, 4.69) is 28.2 Å². The van der Waals surface area contributed by atoms with Crippen molar-refractivity contribution < 1.29 is 54.7 Å². The van der Waals surface area contributed by atoms with Crippen molar-refractivity contribution >= 4 is 0 Å². The number of halogens is 6. The van der Waals surface area contributed by atoms with E-state index in [1.165, 1.54) is 24.5 Å². The molecule has 0 amide bonds. The Balaban J connectivity index is 0.00000757. The van der Waals surface area contributed by atoms with Crippen molar-refractivity contribution in [3.05, 3.63) is 257 Å². The van der Waals surface area contributed by atoms with Crippen molar-refractivity contribution in [2.45, 2.75) is 39.4 Å². The standard InChI is InChI=1S/C63H42F6N3.Ir/c1-38-26-61(53-23-20-48(64)31-58(53)67)70-35-45(38)14-12-40-28-41(13-15-46-36-71-62(27-39(46)2)54-24-21-49(65)32-59(54)68)30-47(29-40)51-10-6-7-11-52(51)57-37-72-63(55-25-22-50(66)33-60(55)69)34-56(57)44-18-16-43(17-19-44)42-8-4-3-5-9-42;/h3-11,16-22,26-37H,12-15H2,1-2H3;/q-3;+3/i1D3,2D3;. The number of nitrogens with zero attached hydrogens (tertiary/aromatic N) is 3. The van der Waals surface area contributed by atoms with Crippen molar-refractivity contribution in [2.24, 2.45) is 0 Å². The molecule has 0 aliphatic rings. The van der Waals surface area contributed by atoms with Crippen LogP contribution < -0.4 is 0 Å². The van der Waals surface area contributed by atoms with E-state index in [0.29, 0.717) is 34.4 Å². The SMILES string of the molecule is [2H]C([2H])([2H])c1cc(-c2[c-]cc(F)cc2F)ncc1CCc1cc(CCc2cnc(-c3[c-]cc(F)cc3F)cc2C([2H])([2H])[2H])cc(-c2ccccc2-c2cnc(-c3[c-]cc(F)cc3F)cc2-c2ccc(-c3ccccc3)cc2)c1.[Ir+3]. The average molecular weight is 1150 g/mol. The Labute approximate surface area is 442 Å². The largest absolute Gasteiger partial charge is 3.00 e. The minimum Gasteiger partial charge on any atom is -0.304 e. The van der Waals surface area contributed by atoms with Crippen LogP contribution in [0.3, 0.4) is 0 Å². The topological polar surface area (TPSA) is 38.7 Å². The Hall–Kier alpha value is -7.78. The number of aryl methyl sites for hydroxylation is 6. The van der Waals surface area contributed by atoms with Gasteiger partial charge in [0.25, 0.3) is 0 Å². The van der Waals surface area contributed by atoms with E-state index < -0.39 is 48.6 Å². The van der Waals surface area contributed by atoms with Gasteiger partial charge >= 0.3 is 20.1 Å². The van der Waals surface area contributed by atoms with Gasteiger partial charge in [-0.25, -0.2) is 0 Å². The molecule has 7 aromatic carbocycles. The Morgan fingerprint density at radius 2 is 0.836 bits per heavy atom. The summed E-state index contributed by atoms with van der Waals surface area (Å²) >= 11 is 0. The third-order valence-corrected chi connectivity index (χ3v) is 12.5. The molecule has 10 aromatic rings. The van der Waals surface area contributed by atoms with Gasteiger partial charge in [0.15, 0.2) is 0 Å². The normalized spacial score (nSPS) is 12.7. The molecule has 0 aliphatic carbocycles. The number of hydrogen-bond donors (Lipinski definition) is 0. The molecule has 0 unspecified atom stereocenters. The second kappa shape index (κ2) is 21.9. The van der Waals surface area contributed by atoms with Gasteiger partial charge in [-0.3, -0.25) is 26.3 Å². The summed E-state index contributed by atoms with van der Waals surface area (Å²) in [6, 6.07) is 48.3. The third-order valence-electron chi connectivity index (χ3n) is 12.5. The second-order valence-electron chi connectivity index (χ2n) is 17.2. The zero-order valence-corrected chi connectivity index (χ0v) is 40.8. The Morgan fingerprint density at radius 1 is 0.397 bits per heavy atom. The van der Waals surface area contributed by atoms with Crippen LogP contribution in [-0.4, -0.2) is 15.0 Å². The smallest absolute Gasteiger partial charge is 0.304 e. The van der Waals surface area contributed by atoms with E-state index in [1.807, 2.05) is 97.1 Å². The molecule has 0 bridgehead atoms. The summed E-state index contributed by atoms with van der Waals surface area (Å²) in [6.45, 7) is -5.30. The molecule has 10 rings (SSSR count). The third kappa shape index (κ3) is 11.2. The molecule has 3 heterocycles. The molecule has 0 spiro atoms. The molecule has 3 aromatic heterocycles. The first-order chi connectivity index (χ1) is 37.4. The first kappa shape index (κ1) is 42.9. The predicted molar refractivity (Wildman–Crippen MR) is 271 cm³/mol. The fourth-order valence-corrected chi connectivity index (χ4v) is 8.82. The van der Waals surface area contributed by atoms with E-state index >= 15 is 4.39 Å². The van der Waals surface area contributed by atoms with Crippen LogP contribution >= 0.6 is 0 Å². The molecule has 10 heteroatoms. The number of pyridine rings is 3. The van der Waals surface area contributed by atoms with E-state index in [0.717, 1.165) is 68.8 Å². The van der Waals surface area contributed by atoms with E-state index in [4.69, 9.17) is 13.2 Å². The Bertz CT molecular complexity index is 3740. The maximum atomic E-state index is 15.4. The van der Waals surface area contributed by atoms with Gasteiger partial charge in [-0.1, -0.05) is 161 Å². The molecule has 360 valence electrons. The van der Waals surface area contributed by atoms with Crippen LogP contribution in [0.1, 0.15) is 41.6 Å². The van der Waals surface area contributed by atoms with E-state index in [-0.39, 0.29) is 90.7 Å². The molecule has 0 radical (unpaired) electrons. The first-order valence-corrected chi connectivity index (χ1v) is 22.8. The maximum absolute atomic E-state index is 15.4. The molecular weight excluding hydrogens is 1100 g/mol. The molecule has 3 nitrogen and oxygen atoms in total. The van der Waals surface area contributed by atoms with Crippen molar-refractivity contribution in [3.8, 4) is 78.3 Å². The van der Waals surface area contributed by atoms with Gasteiger partial charge in [0, 0.05) is 67.3 Å². The quantitative estimate of drug-likeness (QED) is 0.0853. The predicted octanol–water partition coefficient (Wildman–Crippen LogP) is 16.0. The maximum Gasteiger partial charge on any atom is 3.00 e. The fraction of sp³-hybridized carbons (Fsp3) is 0.0952. The molecule has 0 atom stereocenters. The van der Waals surface area contributed by atoms with Crippen LogP contribution in [0.4, 0.5) is 26.3 Å². The number of benzene rings is 7. The molecule has 0 saturated carbocycles. The number of rotatable bonds is 13. The first-order valence-electron chi connectivity index (χ1n) is 25.8. The molecular formula is C63H42F6IrN3. The summed E-state index contributed by atoms with van der Waals surface area (Å²) in [6.07, 6.45) is 5.26. The zero-order valence-electron chi connectivity index (χ0n) is 44.4. The Morgan fingerprint density at radius 3 is 1.33 bits per heavy atom. The van der Waals surface area contributed by atoms with Gasteiger partial charge < -0.3 is 15.0 Å². The van der Waals surface area contributed by atoms with Gasteiger partial charge in [-0.2, -0.15) is 0 Å².